The van der Waals surface area contributed by atoms with Gasteiger partial charge in [-0.05, 0) is 38.3 Å². The summed E-state index contributed by atoms with van der Waals surface area (Å²) in [5, 5.41) is 8.09. The van der Waals surface area contributed by atoms with Crippen LogP contribution in [0, 0.1) is 5.92 Å². The first-order valence-corrected chi connectivity index (χ1v) is 8.28. The second kappa shape index (κ2) is 6.93. The monoisotopic (exact) mass is 293 g/mol. The predicted molar refractivity (Wildman–Crippen MR) is 86.5 cm³/mol. The number of methoxy groups -OCH3 is 1. The van der Waals surface area contributed by atoms with E-state index >= 15 is 0 Å². The fourth-order valence-corrected chi connectivity index (χ4v) is 3.88. The first kappa shape index (κ1) is 16.5. The lowest BCUT2D eigenvalue weighted by Gasteiger charge is -2.44. The van der Waals surface area contributed by atoms with Crippen molar-refractivity contribution in [1.29, 1.82) is 0 Å². The second-order valence-electron chi connectivity index (χ2n) is 6.62. The Bertz CT molecular complexity index is 457. The average molecular weight is 293 g/mol. The summed E-state index contributed by atoms with van der Waals surface area (Å²) in [6.07, 6.45) is 6.85. The predicted octanol–water partition coefficient (Wildman–Crippen LogP) is 2.71. The van der Waals surface area contributed by atoms with Crippen LogP contribution in [0.4, 0.5) is 0 Å². The molecule has 1 heterocycles. The molecule has 0 spiro atoms. The molecule has 1 aliphatic carbocycles. The van der Waals surface area contributed by atoms with E-state index < -0.39 is 0 Å². The topological polar surface area (TPSA) is 39.1 Å². The smallest absolute Gasteiger partial charge is 0.0837 e. The molecule has 0 radical (unpaired) electrons. The Morgan fingerprint density at radius 1 is 1.57 bits per heavy atom. The summed E-state index contributed by atoms with van der Waals surface area (Å²) in [5.41, 5.74) is 2.43. The van der Waals surface area contributed by atoms with Crippen LogP contribution in [0.1, 0.15) is 50.9 Å². The molecule has 3 atom stereocenters. The largest absolute Gasteiger partial charge is 0.377 e. The highest BCUT2D eigenvalue weighted by atomic mass is 16.5. The lowest BCUT2D eigenvalue weighted by molar-refractivity contribution is -0.0778. The number of aryl methyl sites for hydroxylation is 2. The number of hydrogen-bond donors (Lipinski definition) is 1. The van der Waals surface area contributed by atoms with Gasteiger partial charge in [0.05, 0.1) is 11.3 Å². The van der Waals surface area contributed by atoms with Gasteiger partial charge in [0.1, 0.15) is 0 Å². The zero-order valence-corrected chi connectivity index (χ0v) is 14.3. The zero-order chi connectivity index (χ0) is 15.5. The molecular weight excluding hydrogens is 262 g/mol. The molecule has 21 heavy (non-hydrogen) atoms. The number of ether oxygens (including phenoxy) is 1. The number of rotatable bonds is 6. The first-order chi connectivity index (χ1) is 10.0. The number of hydrogen-bond acceptors (Lipinski definition) is 3. The second-order valence-corrected chi connectivity index (χ2v) is 6.62. The molecule has 0 aromatic carbocycles. The summed E-state index contributed by atoms with van der Waals surface area (Å²) in [7, 11) is 5.98. The molecule has 0 saturated heterocycles. The van der Waals surface area contributed by atoms with Crippen molar-refractivity contribution < 1.29 is 4.74 Å². The Labute approximate surface area is 129 Å². The van der Waals surface area contributed by atoms with E-state index in [0.717, 1.165) is 31.6 Å². The van der Waals surface area contributed by atoms with Crippen LogP contribution in [0.25, 0.3) is 0 Å². The van der Waals surface area contributed by atoms with Crippen LogP contribution < -0.4 is 5.32 Å². The summed E-state index contributed by atoms with van der Waals surface area (Å²) in [5.74, 6) is 0.743. The maximum absolute atomic E-state index is 6.06. The number of nitrogens with one attached hydrogen (secondary N) is 1. The Kier molecular flexibility index (Phi) is 5.44. The molecule has 2 rings (SSSR count). The zero-order valence-electron chi connectivity index (χ0n) is 14.3. The van der Waals surface area contributed by atoms with Crippen LogP contribution in [0.3, 0.4) is 0 Å². The maximum Gasteiger partial charge on any atom is 0.0837 e. The van der Waals surface area contributed by atoms with E-state index in [1.165, 1.54) is 24.2 Å². The molecule has 1 aromatic heterocycles. The molecule has 1 aromatic rings. The van der Waals surface area contributed by atoms with Gasteiger partial charge in [-0.15, -0.1) is 0 Å². The van der Waals surface area contributed by atoms with Crippen LogP contribution in [0.15, 0.2) is 6.07 Å². The highest BCUT2D eigenvalue weighted by molar-refractivity contribution is 5.13. The van der Waals surface area contributed by atoms with Gasteiger partial charge in [0.25, 0.3) is 0 Å². The van der Waals surface area contributed by atoms with Gasteiger partial charge in [0, 0.05) is 32.3 Å². The molecule has 1 saturated carbocycles. The minimum absolute atomic E-state index is 0.0386. The Balaban J connectivity index is 2.19. The highest BCUT2D eigenvalue weighted by Crippen LogP contribution is 2.38. The van der Waals surface area contributed by atoms with Gasteiger partial charge in [0.15, 0.2) is 0 Å². The van der Waals surface area contributed by atoms with E-state index in [0.29, 0.717) is 6.04 Å². The molecule has 0 amide bonds. The normalized spacial score (nSPS) is 27.8. The van der Waals surface area contributed by atoms with Crippen molar-refractivity contribution in [2.45, 2.75) is 64.0 Å². The fraction of sp³-hybridized carbons (Fsp3) is 0.824. The summed E-state index contributed by atoms with van der Waals surface area (Å²) < 4.78 is 8.08. The Hall–Kier alpha value is -0.870. The van der Waals surface area contributed by atoms with Crippen LogP contribution >= 0.6 is 0 Å². The van der Waals surface area contributed by atoms with Gasteiger partial charge < -0.3 is 10.1 Å². The van der Waals surface area contributed by atoms with Gasteiger partial charge in [-0.2, -0.15) is 5.10 Å². The van der Waals surface area contributed by atoms with Gasteiger partial charge >= 0.3 is 0 Å². The third kappa shape index (κ3) is 3.49. The molecule has 0 bridgehead atoms. The molecule has 4 nitrogen and oxygen atoms in total. The van der Waals surface area contributed by atoms with Gasteiger partial charge in [-0.25, -0.2) is 0 Å². The maximum atomic E-state index is 6.06. The van der Waals surface area contributed by atoms with Crippen molar-refractivity contribution in [2.24, 2.45) is 13.0 Å². The summed E-state index contributed by atoms with van der Waals surface area (Å²) >= 11 is 0. The van der Waals surface area contributed by atoms with Crippen LogP contribution in [0.5, 0.6) is 0 Å². The molecule has 1 N–H and O–H groups in total. The third-order valence-corrected chi connectivity index (χ3v) is 5.18. The molecule has 0 aliphatic heterocycles. The van der Waals surface area contributed by atoms with Crippen molar-refractivity contribution in [2.75, 3.05) is 14.2 Å². The van der Waals surface area contributed by atoms with Crippen molar-refractivity contribution in [3.05, 3.63) is 17.5 Å². The van der Waals surface area contributed by atoms with Gasteiger partial charge in [0.2, 0.25) is 0 Å². The number of likely N-dealkylation sites (N-methyl/N-ethyl adjacent to an activating group) is 1. The third-order valence-electron chi connectivity index (χ3n) is 5.18. The van der Waals surface area contributed by atoms with Gasteiger partial charge in [-0.1, -0.05) is 26.7 Å². The molecular formula is C17H31N3O. The van der Waals surface area contributed by atoms with E-state index in [1.807, 2.05) is 18.8 Å². The summed E-state index contributed by atoms with van der Waals surface area (Å²) in [6, 6.07) is 2.57. The first-order valence-electron chi connectivity index (χ1n) is 8.28. The van der Waals surface area contributed by atoms with Crippen molar-refractivity contribution >= 4 is 0 Å². The van der Waals surface area contributed by atoms with E-state index in [2.05, 4.69) is 37.4 Å². The van der Waals surface area contributed by atoms with E-state index in [1.54, 1.807) is 0 Å². The molecule has 120 valence electrons. The molecule has 3 unspecified atom stereocenters. The van der Waals surface area contributed by atoms with E-state index in [4.69, 9.17) is 4.74 Å². The minimum atomic E-state index is -0.0386. The SMILES string of the molecule is CCc1cc(CC(NC)C2(OC)CCCC(C)C2)n(C)n1. The van der Waals surface area contributed by atoms with Crippen LogP contribution in [0.2, 0.25) is 0 Å². The summed E-state index contributed by atoms with van der Waals surface area (Å²) in [6.45, 7) is 4.50. The quantitative estimate of drug-likeness (QED) is 0.876. The van der Waals surface area contributed by atoms with Crippen molar-refractivity contribution in [3.8, 4) is 0 Å². The Morgan fingerprint density at radius 2 is 2.33 bits per heavy atom. The van der Waals surface area contributed by atoms with Crippen molar-refractivity contribution in [3.63, 3.8) is 0 Å². The lowest BCUT2D eigenvalue weighted by atomic mass is 9.73. The van der Waals surface area contributed by atoms with E-state index in [9.17, 15) is 0 Å². The lowest BCUT2D eigenvalue weighted by Crippen LogP contribution is -2.54. The summed E-state index contributed by atoms with van der Waals surface area (Å²) in [4.78, 5) is 0. The highest BCUT2D eigenvalue weighted by Gasteiger charge is 2.41. The molecule has 4 heteroatoms. The van der Waals surface area contributed by atoms with Crippen molar-refractivity contribution in [1.82, 2.24) is 15.1 Å². The fourth-order valence-electron chi connectivity index (χ4n) is 3.88. The standard InChI is InChI=1S/C17H31N3O/c1-6-14-10-15(20(4)19-14)11-16(18-3)17(21-5)9-7-8-13(2)12-17/h10,13,16,18H,6-9,11-12H2,1-5H3. The Morgan fingerprint density at radius 3 is 2.86 bits per heavy atom. The molecule has 1 fully saturated rings. The van der Waals surface area contributed by atoms with Crippen LogP contribution in [-0.4, -0.2) is 35.6 Å². The van der Waals surface area contributed by atoms with E-state index in [-0.39, 0.29) is 5.60 Å². The van der Waals surface area contributed by atoms with Crippen LogP contribution in [-0.2, 0) is 24.6 Å². The number of nitrogens with zero attached hydrogens (tertiary/aromatic N) is 2. The molecule has 1 aliphatic rings. The minimum Gasteiger partial charge on any atom is -0.377 e. The number of aromatic nitrogens is 2. The average Bonchev–Trinajstić information content (AvgIpc) is 2.84. The van der Waals surface area contributed by atoms with Gasteiger partial charge in [-0.3, -0.25) is 4.68 Å².